The van der Waals surface area contributed by atoms with Gasteiger partial charge in [0.05, 0.1) is 24.9 Å². The average Bonchev–Trinajstić information content (AvgIpc) is 3.34. The zero-order valence-electron chi connectivity index (χ0n) is 12.0. The Hall–Kier alpha value is -2.36. The van der Waals surface area contributed by atoms with Crippen LogP contribution < -0.4 is 10.1 Å². The number of aromatic nitrogens is 1. The lowest BCUT2D eigenvalue weighted by Gasteiger charge is -2.16. The summed E-state index contributed by atoms with van der Waals surface area (Å²) in [6.45, 7) is 0. The van der Waals surface area contributed by atoms with Crippen molar-refractivity contribution in [3.05, 3.63) is 54.2 Å². The van der Waals surface area contributed by atoms with E-state index in [1.54, 1.807) is 25.4 Å². The van der Waals surface area contributed by atoms with Crippen molar-refractivity contribution in [2.75, 3.05) is 12.4 Å². The van der Waals surface area contributed by atoms with Crippen LogP contribution in [0.5, 0.6) is 5.88 Å². The van der Waals surface area contributed by atoms with Crippen LogP contribution in [0.1, 0.15) is 24.3 Å². The molecule has 1 heterocycles. The maximum atomic E-state index is 12.6. The molecular weight excluding hydrogens is 264 g/mol. The van der Waals surface area contributed by atoms with Crippen LogP contribution in [0.3, 0.4) is 0 Å². The fourth-order valence-corrected chi connectivity index (χ4v) is 2.52. The Morgan fingerprint density at radius 2 is 2.00 bits per heavy atom. The normalized spacial score (nSPS) is 15.3. The predicted octanol–water partition coefficient (Wildman–Crippen LogP) is 3.22. The smallest absolute Gasteiger partial charge is 0.232 e. The van der Waals surface area contributed by atoms with E-state index in [1.165, 1.54) is 0 Å². The summed E-state index contributed by atoms with van der Waals surface area (Å²) in [5, 5.41) is 2.96. The number of nitrogens with one attached hydrogen (secondary N) is 1. The van der Waals surface area contributed by atoms with Gasteiger partial charge in [0.1, 0.15) is 0 Å². The summed E-state index contributed by atoms with van der Waals surface area (Å²) in [4.78, 5) is 16.7. The maximum Gasteiger partial charge on any atom is 0.232 e. The van der Waals surface area contributed by atoms with Crippen molar-refractivity contribution in [2.24, 2.45) is 5.92 Å². The van der Waals surface area contributed by atoms with Crippen molar-refractivity contribution in [3.8, 4) is 5.88 Å². The third kappa shape index (κ3) is 3.21. The molecule has 0 radical (unpaired) electrons. The number of hydrogen-bond donors (Lipinski definition) is 1. The number of carbonyl (C=O) groups is 1. The van der Waals surface area contributed by atoms with Gasteiger partial charge in [-0.2, -0.15) is 0 Å². The number of hydrogen-bond acceptors (Lipinski definition) is 3. The first kappa shape index (κ1) is 13.6. The molecule has 108 valence electrons. The molecule has 2 aromatic rings. The Bertz CT molecular complexity index is 606. The van der Waals surface area contributed by atoms with Gasteiger partial charge in [-0.05, 0) is 30.4 Å². The Morgan fingerprint density at radius 1 is 1.24 bits per heavy atom. The van der Waals surface area contributed by atoms with Crippen LogP contribution in [-0.2, 0) is 4.79 Å². The number of benzene rings is 1. The minimum Gasteiger partial charge on any atom is -0.481 e. The Labute approximate surface area is 124 Å². The highest BCUT2D eigenvalue weighted by Gasteiger charge is 2.37. The highest BCUT2D eigenvalue weighted by molar-refractivity contribution is 5.96. The molecule has 1 atom stereocenters. The largest absolute Gasteiger partial charge is 0.481 e. The number of anilines is 1. The third-order valence-electron chi connectivity index (χ3n) is 3.75. The van der Waals surface area contributed by atoms with Crippen molar-refractivity contribution in [3.63, 3.8) is 0 Å². The van der Waals surface area contributed by atoms with E-state index in [4.69, 9.17) is 4.74 Å². The second kappa shape index (κ2) is 5.95. The molecule has 4 nitrogen and oxygen atoms in total. The van der Waals surface area contributed by atoms with Gasteiger partial charge >= 0.3 is 0 Å². The molecule has 1 N–H and O–H groups in total. The molecule has 4 heteroatoms. The Morgan fingerprint density at radius 3 is 2.57 bits per heavy atom. The highest BCUT2D eigenvalue weighted by atomic mass is 16.5. The van der Waals surface area contributed by atoms with Crippen LogP contribution in [0.4, 0.5) is 5.69 Å². The van der Waals surface area contributed by atoms with Gasteiger partial charge in [-0.1, -0.05) is 30.3 Å². The molecule has 1 saturated carbocycles. The molecule has 1 fully saturated rings. The second-order valence-electron chi connectivity index (χ2n) is 5.30. The van der Waals surface area contributed by atoms with Gasteiger partial charge in [-0.15, -0.1) is 0 Å². The lowest BCUT2D eigenvalue weighted by atomic mass is 9.93. The summed E-state index contributed by atoms with van der Waals surface area (Å²) >= 11 is 0. The van der Waals surface area contributed by atoms with E-state index in [-0.39, 0.29) is 11.8 Å². The molecule has 1 aromatic heterocycles. The van der Waals surface area contributed by atoms with Crippen LogP contribution in [0.2, 0.25) is 0 Å². The molecule has 1 aliphatic carbocycles. The van der Waals surface area contributed by atoms with Gasteiger partial charge in [-0.3, -0.25) is 4.79 Å². The Balaban J connectivity index is 1.75. The number of methoxy groups -OCH3 is 1. The van der Waals surface area contributed by atoms with Gasteiger partial charge in [0.15, 0.2) is 0 Å². The second-order valence-corrected chi connectivity index (χ2v) is 5.30. The molecule has 3 rings (SSSR count). The molecule has 0 saturated heterocycles. The quantitative estimate of drug-likeness (QED) is 0.916. The van der Waals surface area contributed by atoms with Crippen molar-refractivity contribution in [1.29, 1.82) is 0 Å². The molecule has 1 aliphatic rings. The highest BCUT2D eigenvalue weighted by Crippen LogP contribution is 2.43. The van der Waals surface area contributed by atoms with Crippen molar-refractivity contribution < 1.29 is 9.53 Å². The number of carbonyl (C=O) groups excluding carboxylic acids is 1. The van der Waals surface area contributed by atoms with Crippen molar-refractivity contribution >= 4 is 11.6 Å². The van der Waals surface area contributed by atoms with E-state index < -0.39 is 0 Å². The van der Waals surface area contributed by atoms with Gasteiger partial charge in [-0.25, -0.2) is 4.98 Å². The molecule has 0 aliphatic heterocycles. The van der Waals surface area contributed by atoms with Gasteiger partial charge in [0.25, 0.3) is 0 Å². The topological polar surface area (TPSA) is 51.2 Å². The lowest BCUT2D eigenvalue weighted by molar-refractivity contribution is -0.118. The molecule has 21 heavy (non-hydrogen) atoms. The number of amides is 1. The SMILES string of the molecule is COc1ccc(NC(=O)C(c2ccccc2)C2CC2)cn1. The zero-order chi connectivity index (χ0) is 14.7. The van der Waals surface area contributed by atoms with Crippen LogP contribution in [-0.4, -0.2) is 18.0 Å². The maximum absolute atomic E-state index is 12.6. The fourth-order valence-electron chi connectivity index (χ4n) is 2.52. The van der Waals surface area contributed by atoms with Crippen LogP contribution in [0.25, 0.3) is 0 Å². The van der Waals surface area contributed by atoms with E-state index in [0.29, 0.717) is 17.5 Å². The molecule has 1 aromatic carbocycles. The van der Waals surface area contributed by atoms with E-state index in [2.05, 4.69) is 10.3 Å². The summed E-state index contributed by atoms with van der Waals surface area (Å²) < 4.78 is 5.02. The number of ether oxygens (including phenoxy) is 1. The third-order valence-corrected chi connectivity index (χ3v) is 3.75. The summed E-state index contributed by atoms with van der Waals surface area (Å²) in [6.07, 6.45) is 3.85. The summed E-state index contributed by atoms with van der Waals surface area (Å²) in [6, 6.07) is 13.5. The standard InChI is InChI=1S/C17H18N2O2/c1-21-15-10-9-14(11-18-15)19-17(20)16(13-7-8-13)12-5-3-2-4-6-12/h2-6,9-11,13,16H,7-8H2,1H3,(H,19,20). The fraction of sp³-hybridized carbons (Fsp3) is 0.294. The molecule has 1 amide bonds. The minimum atomic E-state index is -0.0756. The number of rotatable bonds is 5. The molecule has 0 bridgehead atoms. The molecular formula is C17H18N2O2. The van der Waals surface area contributed by atoms with Gasteiger partial charge in [0, 0.05) is 6.07 Å². The number of pyridine rings is 1. The van der Waals surface area contributed by atoms with Crippen LogP contribution in [0.15, 0.2) is 48.7 Å². The summed E-state index contributed by atoms with van der Waals surface area (Å²) in [5.74, 6) is 0.956. The number of nitrogens with zero attached hydrogens (tertiary/aromatic N) is 1. The van der Waals surface area contributed by atoms with E-state index in [1.807, 2.05) is 30.3 Å². The molecule has 1 unspecified atom stereocenters. The summed E-state index contributed by atoms with van der Waals surface area (Å²) in [7, 11) is 1.57. The molecule has 0 spiro atoms. The first-order valence-electron chi connectivity index (χ1n) is 7.14. The van der Waals surface area contributed by atoms with E-state index >= 15 is 0 Å². The van der Waals surface area contributed by atoms with Crippen LogP contribution >= 0.6 is 0 Å². The Kier molecular flexibility index (Phi) is 3.86. The van der Waals surface area contributed by atoms with E-state index in [0.717, 1.165) is 18.4 Å². The lowest BCUT2D eigenvalue weighted by Crippen LogP contribution is -2.22. The summed E-state index contributed by atoms with van der Waals surface area (Å²) in [5.41, 5.74) is 1.78. The first-order valence-corrected chi connectivity index (χ1v) is 7.14. The minimum absolute atomic E-state index is 0.0377. The first-order chi connectivity index (χ1) is 10.3. The van der Waals surface area contributed by atoms with E-state index in [9.17, 15) is 4.79 Å². The average molecular weight is 282 g/mol. The monoisotopic (exact) mass is 282 g/mol. The van der Waals surface area contributed by atoms with Gasteiger partial charge < -0.3 is 10.1 Å². The van der Waals surface area contributed by atoms with Crippen molar-refractivity contribution in [1.82, 2.24) is 4.98 Å². The van der Waals surface area contributed by atoms with Crippen molar-refractivity contribution in [2.45, 2.75) is 18.8 Å². The van der Waals surface area contributed by atoms with Crippen LogP contribution in [0, 0.1) is 5.92 Å². The predicted molar refractivity (Wildman–Crippen MR) is 81.3 cm³/mol. The van der Waals surface area contributed by atoms with Gasteiger partial charge in [0.2, 0.25) is 11.8 Å². The zero-order valence-corrected chi connectivity index (χ0v) is 12.0.